The summed E-state index contributed by atoms with van der Waals surface area (Å²) in [6.07, 6.45) is 1.85. The van der Waals surface area contributed by atoms with Gasteiger partial charge in [0.15, 0.2) is 0 Å². The predicted molar refractivity (Wildman–Crippen MR) is 75.8 cm³/mol. The molecule has 0 radical (unpaired) electrons. The molecular weight excluding hydrogens is 274 g/mol. The van der Waals surface area contributed by atoms with Crippen LogP contribution in [0.5, 0.6) is 0 Å². The number of amides is 3. The second-order valence-corrected chi connectivity index (χ2v) is 5.83. The van der Waals surface area contributed by atoms with Crippen LogP contribution in [0.3, 0.4) is 0 Å². The van der Waals surface area contributed by atoms with Crippen LogP contribution in [0.25, 0.3) is 0 Å². The number of nitrogens with zero attached hydrogens (tertiary/aromatic N) is 3. The maximum atomic E-state index is 12.5. The first kappa shape index (κ1) is 15.6. The Balaban J connectivity index is 1.85. The highest BCUT2D eigenvalue weighted by atomic mass is 16.4. The third kappa shape index (κ3) is 4.09. The molecule has 2 rings (SSSR count). The van der Waals surface area contributed by atoms with Crippen molar-refractivity contribution in [1.82, 2.24) is 14.7 Å². The summed E-state index contributed by atoms with van der Waals surface area (Å²) in [5, 5.41) is 8.87. The Kier molecular flexibility index (Phi) is 5.03. The molecule has 0 spiro atoms. The smallest absolute Gasteiger partial charge is 0.320 e. The number of urea groups is 1. The van der Waals surface area contributed by atoms with Gasteiger partial charge in [0, 0.05) is 52.6 Å². The van der Waals surface area contributed by atoms with Crippen molar-refractivity contribution in [3.63, 3.8) is 0 Å². The maximum absolute atomic E-state index is 12.5. The largest absolute Gasteiger partial charge is 0.481 e. The number of piperazine rings is 1. The molecule has 2 aliphatic rings. The molecule has 1 atom stereocenters. The number of piperidine rings is 1. The number of hydrogen-bond acceptors (Lipinski definition) is 3. The quantitative estimate of drug-likeness (QED) is 0.803. The van der Waals surface area contributed by atoms with E-state index < -0.39 is 5.97 Å². The number of likely N-dealkylation sites (tertiary alicyclic amines) is 1. The van der Waals surface area contributed by atoms with Gasteiger partial charge in [-0.05, 0) is 18.8 Å². The lowest BCUT2D eigenvalue weighted by molar-refractivity contribution is -0.138. The fourth-order valence-corrected chi connectivity index (χ4v) is 3.06. The van der Waals surface area contributed by atoms with Gasteiger partial charge in [-0.3, -0.25) is 9.59 Å². The number of carboxylic acid groups (broad SMARTS) is 1. The number of carbonyl (C=O) groups is 3. The molecule has 7 heteroatoms. The van der Waals surface area contributed by atoms with E-state index in [0.717, 1.165) is 12.8 Å². The first-order valence-corrected chi connectivity index (χ1v) is 7.48. The summed E-state index contributed by atoms with van der Waals surface area (Å²) in [5.74, 6) is -0.704. The Morgan fingerprint density at radius 3 is 2.19 bits per heavy atom. The van der Waals surface area contributed by atoms with Crippen LogP contribution in [0.1, 0.15) is 26.2 Å². The minimum Gasteiger partial charge on any atom is -0.481 e. The van der Waals surface area contributed by atoms with Crippen molar-refractivity contribution in [1.29, 1.82) is 0 Å². The number of carboxylic acids is 1. The van der Waals surface area contributed by atoms with E-state index >= 15 is 0 Å². The van der Waals surface area contributed by atoms with Gasteiger partial charge in [-0.25, -0.2) is 4.79 Å². The van der Waals surface area contributed by atoms with E-state index in [1.165, 1.54) is 0 Å². The second-order valence-electron chi connectivity index (χ2n) is 5.83. The lowest BCUT2D eigenvalue weighted by Crippen LogP contribution is -2.55. The van der Waals surface area contributed by atoms with E-state index in [-0.39, 0.29) is 24.3 Å². The molecule has 0 aromatic carbocycles. The minimum absolute atomic E-state index is 0.0201. The first-order valence-electron chi connectivity index (χ1n) is 7.48. The van der Waals surface area contributed by atoms with E-state index in [1.54, 1.807) is 21.6 Å². The van der Waals surface area contributed by atoms with Crippen LogP contribution in [-0.2, 0) is 9.59 Å². The molecule has 2 heterocycles. The maximum Gasteiger partial charge on any atom is 0.320 e. The summed E-state index contributed by atoms with van der Waals surface area (Å²) < 4.78 is 0. The predicted octanol–water partition coefficient (Wildman–Crippen LogP) is 0.457. The highest BCUT2D eigenvalue weighted by Crippen LogP contribution is 2.21. The van der Waals surface area contributed by atoms with Gasteiger partial charge in [0.1, 0.15) is 0 Å². The van der Waals surface area contributed by atoms with Gasteiger partial charge in [0.05, 0.1) is 0 Å². The van der Waals surface area contributed by atoms with Crippen molar-refractivity contribution in [2.75, 3.05) is 39.3 Å². The summed E-state index contributed by atoms with van der Waals surface area (Å²) in [7, 11) is 0. The first-order chi connectivity index (χ1) is 9.97. The van der Waals surface area contributed by atoms with Crippen molar-refractivity contribution in [3.05, 3.63) is 0 Å². The van der Waals surface area contributed by atoms with Gasteiger partial charge in [0.25, 0.3) is 0 Å². The highest BCUT2D eigenvalue weighted by molar-refractivity contribution is 5.76. The molecular formula is C14H23N3O4. The molecule has 1 unspecified atom stereocenters. The number of rotatable bonds is 2. The molecule has 0 aromatic rings. The van der Waals surface area contributed by atoms with Crippen LogP contribution in [0.15, 0.2) is 0 Å². The average Bonchev–Trinajstić information content (AvgIpc) is 2.46. The van der Waals surface area contributed by atoms with Crippen LogP contribution in [0.2, 0.25) is 0 Å². The van der Waals surface area contributed by atoms with Gasteiger partial charge >= 0.3 is 12.0 Å². The van der Waals surface area contributed by atoms with E-state index in [9.17, 15) is 14.4 Å². The van der Waals surface area contributed by atoms with Crippen molar-refractivity contribution >= 4 is 17.9 Å². The molecule has 2 fully saturated rings. The Bertz CT molecular complexity index is 418. The second kappa shape index (κ2) is 6.78. The van der Waals surface area contributed by atoms with Crippen molar-refractivity contribution in [3.8, 4) is 0 Å². The van der Waals surface area contributed by atoms with Crippen LogP contribution in [0, 0.1) is 5.92 Å². The van der Waals surface area contributed by atoms with Gasteiger partial charge in [-0.1, -0.05) is 0 Å². The van der Waals surface area contributed by atoms with E-state index in [0.29, 0.717) is 39.3 Å². The molecule has 0 bridgehead atoms. The number of carbonyl (C=O) groups excluding carboxylic acids is 2. The zero-order valence-electron chi connectivity index (χ0n) is 12.5. The molecule has 3 amide bonds. The van der Waals surface area contributed by atoms with Gasteiger partial charge < -0.3 is 19.8 Å². The van der Waals surface area contributed by atoms with Crippen LogP contribution in [0.4, 0.5) is 4.79 Å². The average molecular weight is 297 g/mol. The van der Waals surface area contributed by atoms with E-state index in [1.807, 2.05) is 0 Å². The van der Waals surface area contributed by atoms with E-state index in [2.05, 4.69) is 0 Å². The summed E-state index contributed by atoms with van der Waals surface area (Å²) in [5.41, 5.74) is 0. The number of hydrogen-bond donors (Lipinski definition) is 1. The Hall–Kier alpha value is -1.79. The molecule has 118 valence electrons. The molecule has 0 saturated carbocycles. The lowest BCUT2D eigenvalue weighted by atomic mass is 9.95. The zero-order chi connectivity index (χ0) is 15.4. The Labute approximate surface area is 124 Å². The van der Waals surface area contributed by atoms with E-state index in [4.69, 9.17) is 5.11 Å². The van der Waals surface area contributed by atoms with Crippen molar-refractivity contribution < 1.29 is 19.5 Å². The molecule has 2 saturated heterocycles. The Morgan fingerprint density at radius 1 is 1.00 bits per heavy atom. The topological polar surface area (TPSA) is 81.2 Å². The van der Waals surface area contributed by atoms with Crippen molar-refractivity contribution in [2.24, 2.45) is 5.92 Å². The minimum atomic E-state index is -0.802. The van der Waals surface area contributed by atoms with Crippen molar-refractivity contribution in [2.45, 2.75) is 26.2 Å². The fraction of sp³-hybridized carbons (Fsp3) is 0.786. The van der Waals surface area contributed by atoms with Crippen LogP contribution >= 0.6 is 0 Å². The number of aliphatic carboxylic acids is 1. The van der Waals surface area contributed by atoms with Gasteiger partial charge in [0.2, 0.25) is 5.91 Å². The molecule has 21 heavy (non-hydrogen) atoms. The zero-order valence-corrected chi connectivity index (χ0v) is 12.5. The lowest BCUT2D eigenvalue weighted by Gasteiger charge is -2.39. The SMILES string of the molecule is CC(=O)N1CCN(C(=O)N2CCCC(CC(=O)O)C2)CC1. The fourth-order valence-electron chi connectivity index (χ4n) is 3.06. The molecule has 2 aliphatic heterocycles. The van der Waals surface area contributed by atoms with Gasteiger partial charge in [-0.2, -0.15) is 0 Å². The summed E-state index contributed by atoms with van der Waals surface area (Å²) >= 11 is 0. The summed E-state index contributed by atoms with van der Waals surface area (Å²) in [6, 6.07) is -0.0201. The normalized spacial score (nSPS) is 23.1. The summed E-state index contributed by atoms with van der Waals surface area (Å²) in [4.78, 5) is 39.8. The monoisotopic (exact) mass is 297 g/mol. The molecule has 0 aliphatic carbocycles. The van der Waals surface area contributed by atoms with Gasteiger partial charge in [-0.15, -0.1) is 0 Å². The molecule has 1 N–H and O–H groups in total. The molecule has 7 nitrogen and oxygen atoms in total. The third-order valence-electron chi connectivity index (χ3n) is 4.25. The highest BCUT2D eigenvalue weighted by Gasteiger charge is 2.30. The molecule has 0 aromatic heterocycles. The summed E-state index contributed by atoms with van der Waals surface area (Å²) in [6.45, 7) is 5.02. The van der Waals surface area contributed by atoms with Crippen LogP contribution < -0.4 is 0 Å². The third-order valence-corrected chi connectivity index (χ3v) is 4.25. The standard InChI is InChI=1S/C14H23N3O4/c1-11(18)15-5-7-16(8-6-15)14(21)17-4-2-3-12(10-17)9-13(19)20/h12H,2-10H2,1H3,(H,19,20). The van der Waals surface area contributed by atoms with Crippen LogP contribution in [-0.4, -0.2) is 77.0 Å². The Morgan fingerprint density at radius 2 is 1.62 bits per heavy atom.